The van der Waals surface area contributed by atoms with Crippen LogP contribution in [0.15, 0.2) is 72.8 Å². The van der Waals surface area contributed by atoms with Crippen LogP contribution >= 0.6 is 0 Å². The van der Waals surface area contributed by atoms with Crippen LogP contribution in [0.1, 0.15) is 22.3 Å². The van der Waals surface area contributed by atoms with Crippen LogP contribution in [-0.4, -0.2) is 9.97 Å². The number of fused-ring (bicyclic) bond motifs is 2. The highest BCUT2D eigenvalue weighted by molar-refractivity contribution is 5.90. The summed E-state index contributed by atoms with van der Waals surface area (Å²) >= 11 is 0. The molecule has 5 nitrogen and oxygen atoms in total. The minimum Gasteiger partial charge on any atom is -0.365 e. The van der Waals surface area contributed by atoms with E-state index in [-0.39, 0.29) is 0 Å². The van der Waals surface area contributed by atoms with Gasteiger partial charge in [0.2, 0.25) is 5.95 Å². The minimum absolute atomic E-state index is 0.690. The lowest BCUT2D eigenvalue weighted by Gasteiger charge is -2.18. The Bertz CT molecular complexity index is 1230. The summed E-state index contributed by atoms with van der Waals surface area (Å²) < 4.78 is 0. The number of hydrogen-bond donors (Lipinski definition) is 1. The second-order valence-electron chi connectivity index (χ2n) is 7.18. The Morgan fingerprint density at radius 2 is 1.69 bits per heavy atom. The Kier molecular flexibility index (Phi) is 4.30. The summed E-state index contributed by atoms with van der Waals surface area (Å²) in [6, 6.07) is 26.4. The van der Waals surface area contributed by atoms with E-state index < -0.39 is 0 Å². The molecule has 0 saturated heterocycles. The van der Waals surface area contributed by atoms with Crippen LogP contribution < -0.4 is 10.2 Å². The number of para-hydroxylation sites is 1. The molecule has 3 aromatic carbocycles. The smallest absolute Gasteiger partial charge is 0.228 e. The summed E-state index contributed by atoms with van der Waals surface area (Å²) in [6.45, 7) is 2.16. The zero-order valence-corrected chi connectivity index (χ0v) is 15.8. The van der Waals surface area contributed by atoms with Gasteiger partial charge < -0.3 is 10.2 Å². The minimum atomic E-state index is 0.690. The van der Waals surface area contributed by atoms with Gasteiger partial charge in [0.25, 0.3) is 0 Å². The SMILES string of the molecule is N#Cc1ccc2c(c1)CN(c1nc(NCc3ccccc3)c3ccccc3n1)C2. The molecule has 0 aliphatic carbocycles. The molecule has 1 aliphatic heterocycles. The van der Waals surface area contributed by atoms with E-state index in [1.807, 2.05) is 60.7 Å². The molecule has 0 radical (unpaired) electrons. The van der Waals surface area contributed by atoms with E-state index in [0.29, 0.717) is 24.6 Å². The molecule has 0 atom stereocenters. The molecule has 0 bridgehead atoms. The molecule has 2 heterocycles. The van der Waals surface area contributed by atoms with E-state index >= 15 is 0 Å². The summed E-state index contributed by atoms with van der Waals surface area (Å²) in [6.07, 6.45) is 0. The van der Waals surface area contributed by atoms with Gasteiger partial charge in [0.05, 0.1) is 17.1 Å². The van der Waals surface area contributed by atoms with Crippen molar-refractivity contribution in [1.29, 1.82) is 5.26 Å². The number of aromatic nitrogens is 2. The van der Waals surface area contributed by atoms with Crippen LogP contribution in [0.4, 0.5) is 11.8 Å². The monoisotopic (exact) mass is 377 g/mol. The predicted octanol–water partition coefficient (Wildman–Crippen LogP) is 4.63. The fraction of sp³-hybridized carbons (Fsp3) is 0.125. The summed E-state index contributed by atoms with van der Waals surface area (Å²) in [4.78, 5) is 11.8. The van der Waals surface area contributed by atoms with Crippen molar-refractivity contribution in [2.75, 3.05) is 10.2 Å². The van der Waals surface area contributed by atoms with Gasteiger partial charge in [-0.3, -0.25) is 0 Å². The van der Waals surface area contributed by atoms with Crippen molar-refractivity contribution < 1.29 is 0 Å². The molecule has 1 N–H and O–H groups in total. The lowest BCUT2D eigenvalue weighted by Crippen LogP contribution is -2.18. The van der Waals surface area contributed by atoms with Gasteiger partial charge in [-0.2, -0.15) is 10.2 Å². The zero-order valence-electron chi connectivity index (χ0n) is 15.8. The van der Waals surface area contributed by atoms with Crippen molar-refractivity contribution in [3.63, 3.8) is 0 Å². The first-order valence-corrected chi connectivity index (χ1v) is 9.61. The number of rotatable bonds is 4. The van der Waals surface area contributed by atoms with Crippen molar-refractivity contribution in [2.24, 2.45) is 0 Å². The van der Waals surface area contributed by atoms with E-state index in [1.54, 1.807) is 0 Å². The Morgan fingerprint density at radius 3 is 2.55 bits per heavy atom. The Balaban J connectivity index is 1.48. The Morgan fingerprint density at radius 1 is 0.897 bits per heavy atom. The van der Waals surface area contributed by atoms with Crippen molar-refractivity contribution in [1.82, 2.24) is 9.97 Å². The normalized spacial score (nSPS) is 12.6. The second-order valence-corrected chi connectivity index (χ2v) is 7.18. The second kappa shape index (κ2) is 7.25. The maximum atomic E-state index is 9.16. The third-order valence-electron chi connectivity index (χ3n) is 5.23. The standard InChI is InChI=1S/C24H19N5/c25-13-18-10-11-19-15-29(16-20(19)12-18)24-27-22-9-5-4-8-21(22)23(28-24)26-14-17-6-2-1-3-7-17/h1-12H,14-16H2,(H,26,27,28). The van der Waals surface area contributed by atoms with Crippen molar-refractivity contribution >= 4 is 22.7 Å². The number of hydrogen-bond acceptors (Lipinski definition) is 5. The van der Waals surface area contributed by atoms with E-state index in [4.69, 9.17) is 15.2 Å². The van der Waals surface area contributed by atoms with Crippen LogP contribution in [0.2, 0.25) is 0 Å². The quantitative estimate of drug-likeness (QED) is 0.561. The average Bonchev–Trinajstić information content (AvgIpc) is 3.21. The number of nitriles is 1. The van der Waals surface area contributed by atoms with Gasteiger partial charge >= 0.3 is 0 Å². The van der Waals surface area contributed by atoms with E-state index in [9.17, 15) is 0 Å². The van der Waals surface area contributed by atoms with Gasteiger partial charge in [0.15, 0.2) is 0 Å². The van der Waals surface area contributed by atoms with Gasteiger partial charge in [-0.25, -0.2) is 4.98 Å². The highest BCUT2D eigenvalue weighted by Gasteiger charge is 2.22. The van der Waals surface area contributed by atoms with Crippen LogP contribution in [0.3, 0.4) is 0 Å². The molecule has 5 rings (SSSR count). The summed E-state index contributed by atoms with van der Waals surface area (Å²) in [5, 5.41) is 13.7. The third-order valence-corrected chi connectivity index (χ3v) is 5.23. The number of nitrogens with zero attached hydrogens (tertiary/aromatic N) is 4. The Hall–Kier alpha value is -3.91. The first-order valence-electron chi connectivity index (χ1n) is 9.61. The molecule has 4 aromatic rings. The lowest BCUT2D eigenvalue weighted by atomic mass is 10.1. The first-order chi connectivity index (χ1) is 14.3. The van der Waals surface area contributed by atoms with Gasteiger partial charge in [-0.05, 0) is 41.0 Å². The highest BCUT2D eigenvalue weighted by atomic mass is 15.3. The summed E-state index contributed by atoms with van der Waals surface area (Å²) in [5.41, 5.74) is 5.20. The molecule has 0 amide bonds. The number of anilines is 2. The van der Waals surface area contributed by atoms with Crippen LogP contribution in [0.25, 0.3) is 10.9 Å². The Labute approximate surface area is 169 Å². The molecular formula is C24H19N5. The van der Waals surface area contributed by atoms with Crippen molar-refractivity contribution in [2.45, 2.75) is 19.6 Å². The fourth-order valence-electron chi connectivity index (χ4n) is 3.73. The van der Waals surface area contributed by atoms with E-state index in [0.717, 1.165) is 23.3 Å². The molecule has 0 unspecified atom stereocenters. The van der Waals surface area contributed by atoms with Crippen LogP contribution in [0.5, 0.6) is 0 Å². The van der Waals surface area contributed by atoms with E-state index in [1.165, 1.54) is 16.7 Å². The maximum Gasteiger partial charge on any atom is 0.228 e. The fourth-order valence-corrected chi connectivity index (χ4v) is 3.73. The van der Waals surface area contributed by atoms with Gasteiger partial charge in [-0.1, -0.05) is 48.5 Å². The lowest BCUT2D eigenvalue weighted by molar-refractivity contribution is 0.833. The van der Waals surface area contributed by atoms with Crippen LogP contribution in [0, 0.1) is 11.3 Å². The molecule has 0 spiro atoms. The zero-order chi connectivity index (χ0) is 19.6. The van der Waals surface area contributed by atoms with Crippen molar-refractivity contribution in [3.05, 3.63) is 95.1 Å². The van der Waals surface area contributed by atoms with E-state index in [2.05, 4.69) is 28.4 Å². The first kappa shape index (κ1) is 17.2. The van der Waals surface area contributed by atoms with Gasteiger partial charge in [0.1, 0.15) is 5.82 Å². The number of nitrogens with one attached hydrogen (secondary N) is 1. The largest absolute Gasteiger partial charge is 0.365 e. The van der Waals surface area contributed by atoms with Crippen molar-refractivity contribution in [3.8, 4) is 6.07 Å². The molecule has 29 heavy (non-hydrogen) atoms. The predicted molar refractivity (Wildman–Crippen MR) is 114 cm³/mol. The topological polar surface area (TPSA) is 64.8 Å². The summed E-state index contributed by atoms with van der Waals surface area (Å²) in [5.74, 6) is 1.54. The molecular weight excluding hydrogens is 358 g/mol. The third kappa shape index (κ3) is 3.37. The maximum absolute atomic E-state index is 9.16. The highest BCUT2D eigenvalue weighted by Crippen LogP contribution is 2.30. The van der Waals surface area contributed by atoms with Crippen LogP contribution in [-0.2, 0) is 19.6 Å². The molecule has 1 aromatic heterocycles. The molecule has 140 valence electrons. The number of benzene rings is 3. The van der Waals surface area contributed by atoms with Gasteiger partial charge in [0, 0.05) is 25.0 Å². The molecule has 0 fully saturated rings. The molecule has 1 aliphatic rings. The average molecular weight is 377 g/mol. The summed E-state index contributed by atoms with van der Waals surface area (Å²) in [7, 11) is 0. The molecule has 5 heteroatoms. The van der Waals surface area contributed by atoms with Gasteiger partial charge in [-0.15, -0.1) is 0 Å². The molecule has 0 saturated carbocycles.